The number of carboxylic acid groups (broad SMARTS) is 1. The number of amides is 1. The lowest BCUT2D eigenvalue weighted by Gasteiger charge is -2.38. The van der Waals surface area contributed by atoms with Gasteiger partial charge in [-0.25, -0.2) is 4.79 Å². The number of hydrogen-bond donors (Lipinski definition) is 2. The fourth-order valence-corrected chi connectivity index (χ4v) is 3.97. The highest BCUT2D eigenvalue weighted by Gasteiger charge is 2.43. The molecular weight excluding hydrogens is 340 g/mol. The van der Waals surface area contributed by atoms with Crippen molar-refractivity contribution < 1.29 is 19.4 Å². The van der Waals surface area contributed by atoms with E-state index in [1.807, 2.05) is 4.90 Å². The summed E-state index contributed by atoms with van der Waals surface area (Å²) >= 11 is 0. The summed E-state index contributed by atoms with van der Waals surface area (Å²) in [5.41, 5.74) is 1.31. The molecule has 2 aromatic heterocycles. The average molecular weight is 356 g/mol. The molecule has 2 atom stereocenters. The van der Waals surface area contributed by atoms with Crippen LogP contribution in [-0.4, -0.2) is 66.4 Å². The van der Waals surface area contributed by atoms with Gasteiger partial charge >= 0.3 is 6.09 Å². The van der Waals surface area contributed by atoms with E-state index in [1.165, 1.54) is 15.8 Å². The Morgan fingerprint density at radius 2 is 1.85 bits per heavy atom. The Labute approximate surface area is 147 Å². The van der Waals surface area contributed by atoms with Crippen molar-refractivity contribution in [1.82, 2.24) is 24.9 Å². The first-order chi connectivity index (χ1) is 12.6. The van der Waals surface area contributed by atoms with Crippen LogP contribution in [0.1, 0.15) is 12.8 Å². The summed E-state index contributed by atoms with van der Waals surface area (Å²) in [6.07, 6.45) is 3.90. The Balaban J connectivity index is 1.54. The maximum Gasteiger partial charge on any atom is 0.407 e. The number of hydrogen-bond acceptors (Lipinski definition) is 7. The zero-order valence-electron chi connectivity index (χ0n) is 13.7. The van der Waals surface area contributed by atoms with Crippen LogP contribution in [-0.2, 0) is 0 Å². The summed E-state index contributed by atoms with van der Waals surface area (Å²) in [6, 6.07) is 3.43. The number of nitrogens with zero attached hydrogens (tertiary/aromatic N) is 6. The van der Waals surface area contributed by atoms with E-state index in [0.717, 1.165) is 12.8 Å². The fraction of sp³-hybridized carbons (Fsp3) is 0.375. The highest BCUT2D eigenvalue weighted by molar-refractivity contribution is 5.88. The van der Waals surface area contributed by atoms with Gasteiger partial charge in [0, 0.05) is 13.1 Å². The number of rotatable bonds is 2. The molecule has 1 aromatic carbocycles. The van der Waals surface area contributed by atoms with Gasteiger partial charge in [0.05, 0.1) is 24.5 Å². The Morgan fingerprint density at radius 1 is 1.15 bits per heavy atom. The number of fused-ring (bicyclic) bond motifs is 3. The van der Waals surface area contributed by atoms with Crippen molar-refractivity contribution in [3.05, 3.63) is 24.5 Å². The zero-order valence-corrected chi connectivity index (χ0v) is 13.7. The van der Waals surface area contributed by atoms with E-state index in [9.17, 15) is 15.0 Å². The normalized spacial score (nSPS) is 22.3. The summed E-state index contributed by atoms with van der Waals surface area (Å²) in [5, 5.41) is 27.8. The van der Waals surface area contributed by atoms with E-state index in [2.05, 4.69) is 15.2 Å². The van der Waals surface area contributed by atoms with Crippen molar-refractivity contribution in [2.75, 3.05) is 18.0 Å². The summed E-state index contributed by atoms with van der Waals surface area (Å²) in [7, 11) is 0. The summed E-state index contributed by atoms with van der Waals surface area (Å²) in [6.45, 7) is 1.04. The van der Waals surface area contributed by atoms with Crippen molar-refractivity contribution in [1.29, 1.82) is 0 Å². The molecule has 2 N–H and O–H groups in total. The molecule has 2 unspecified atom stereocenters. The first kappa shape index (κ1) is 15.0. The quantitative estimate of drug-likeness (QED) is 0.708. The third-order valence-electron chi connectivity index (χ3n) is 5.10. The number of aromatic nitrogens is 4. The number of anilines is 1. The van der Waals surface area contributed by atoms with Gasteiger partial charge in [0.25, 0.3) is 6.01 Å². The van der Waals surface area contributed by atoms with Crippen LogP contribution in [0.2, 0.25) is 0 Å². The van der Waals surface area contributed by atoms with E-state index in [1.54, 1.807) is 18.5 Å². The molecule has 3 aromatic rings. The first-order valence-electron chi connectivity index (χ1n) is 8.37. The van der Waals surface area contributed by atoms with E-state index in [4.69, 9.17) is 4.42 Å². The molecule has 10 heteroatoms. The van der Waals surface area contributed by atoms with Gasteiger partial charge < -0.3 is 19.5 Å². The number of phenolic OH excluding ortho intramolecular Hbond substituents is 1. The maximum atomic E-state index is 11.4. The topological polar surface area (TPSA) is 121 Å². The number of benzene rings is 1. The Hall–Kier alpha value is -3.30. The van der Waals surface area contributed by atoms with Crippen LogP contribution in [0.15, 0.2) is 28.9 Å². The van der Waals surface area contributed by atoms with Crippen LogP contribution in [0.25, 0.3) is 16.8 Å². The molecule has 0 radical (unpaired) electrons. The predicted octanol–water partition coefficient (Wildman–Crippen LogP) is 1.45. The van der Waals surface area contributed by atoms with Crippen LogP contribution in [0.4, 0.5) is 10.8 Å². The summed E-state index contributed by atoms with van der Waals surface area (Å²) < 4.78 is 5.95. The van der Waals surface area contributed by atoms with Gasteiger partial charge in [-0.2, -0.15) is 15.2 Å². The molecular formula is C16H16N6O4. The molecule has 0 spiro atoms. The van der Waals surface area contributed by atoms with Crippen LogP contribution < -0.4 is 4.90 Å². The second-order valence-electron chi connectivity index (χ2n) is 6.58. The lowest BCUT2D eigenvalue weighted by atomic mass is 10.2. The average Bonchev–Trinajstić information content (AvgIpc) is 3.34. The van der Waals surface area contributed by atoms with E-state index in [0.29, 0.717) is 35.9 Å². The third kappa shape index (κ3) is 2.11. The van der Waals surface area contributed by atoms with Gasteiger partial charge in [-0.3, -0.25) is 4.90 Å². The molecule has 2 fully saturated rings. The van der Waals surface area contributed by atoms with Gasteiger partial charge in [-0.15, -0.1) is 4.80 Å². The summed E-state index contributed by atoms with van der Waals surface area (Å²) in [5.74, 6) is 0.0121. The van der Waals surface area contributed by atoms with Crippen LogP contribution >= 0.6 is 0 Å². The van der Waals surface area contributed by atoms with Gasteiger partial charge in [0.15, 0.2) is 11.1 Å². The fourth-order valence-electron chi connectivity index (χ4n) is 3.97. The second kappa shape index (κ2) is 5.35. The van der Waals surface area contributed by atoms with E-state index in [-0.39, 0.29) is 17.8 Å². The molecule has 2 aliphatic rings. The molecule has 5 rings (SSSR count). The molecule has 26 heavy (non-hydrogen) atoms. The molecule has 2 saturated heterocycles. The van der Waals surface area contributed by atoms with Gasteiger partial charge in [0.2, 0.25) is 0 Å². The predicted molar refractivity (Wildman–Crippen MR) is 89.5 cm³/mol. The number of aromatic hydroxyl groups is 1. The lowest BCUT2D eigenvalue weighted by molar-refractivity contribution is 0.114. The van der Waals surface area contributed by atoms with Gasteiger partial charge in [0.1, 0.15) is 11.4 Å². The Kier molecular flexibility index (Phi) is 3.08. The molecule has 134 valence electrons. The van der Waals surface area contributed by atoms with E-state index < -0.39 is 6.09 Å². The van der Waals surface area contributed by atoms with Crippen molar-refractivity contribution in [2.24, 2.45) is 0 Å². The highest BCUT2D eigenvalue weighted by atomic mass is 16.4. The Morgan fingerprint density at radius 3 is 2.50 bits per heavy atom. The highest BCUT2D eigenvalue weighted by Crippen LogP contribution is 2.36. The van der Waals surface area contributed by atoms with Crippen molar-refractivity contribution >= 4 is 23.2 Å². The van der Waals surface area contributed by atoms with Gasteiger partial charge in [-0.05, 0) is 25.0 Å². The maximum absolute atomic E-state index is 11.4. The van der Waals surface area contributed by atoms with Crippen molar-refractivity contribution in [3.63, 3.8) is 0 Å². The molecule has 0 saturated carbocycles. The minimum atomic E-state index is -0.876. The first-order valence-corrected chi connectivity index (χ1v) is 8.37. The number of oxazole rings is 1. The van der Waals surface area contributed by atoms with Crippen LogP contribution in [0.3, 0.4) is 0 Å². The summed E-state index contributed by atoms with van der Waals surface area (Å²) in [4.78, 5) is 20.8. The van der Waals surface area contributed by atoms with E-state index >= 15 is 0 Å². The van der Waals surface area contributed by atoms with Crippen LogP contribution in [0, 0.1) is 0 Å². The number of piperazine rings is 1. The molecule has 4 heterocycles. The number of carbonyl (C=O) groups is 1. The van der Waals surface area contributed by atoms with Gasteiger partial charge in [-0.1, -0.05) is 0 Å². The smallest absolute Gasteiger partial charge is 0.407 e. The largest absolute Gasteiger partial charge is 0.506 e. The number of phenols is 1. The SMILES string of the molecule is O=C(O)N1C2CCC1CN(c1nc3c(O)ccc(-n4nccn4)c3o1)C2. The molecule has 0 aliphatic carbocycles. The standard InChI is InChI=1S/C16H16N6O4/c23-12-4-3-11(22-17-5-6-18-22)14-13(12)19-15(26-14)20-7-9-1-2-10(8-20)21(9)16(24)25/h3-6,9-10,23H,1-2,7-8H2,(H,24,25). The molecule has 2 aliphatic heterocycles. The zero-order chi connectivity index (χ0) is 17.8. The van der Waals surface area contributed by atoms with Crippen molar-refractivity contribution in [2.45, 2.75) is 24.9 Å². The Bertz CT molecular complexity index is 970. The van der Waals surface area contributed by atoms with Crippen molar-refractivity contribution in [3.8, 4) is 11.4 Å². The lowest BCUT2D eigenvalue weighted by Crippen LogP contribution is -2.55. The van der Waals surface area contributed by atoms with Crippen LogP contribution in [0.5, 0.6) is 5.75 Å². The third-order valence-corrected chi connectivity index (χ3v) is 5.10. The minimum absolute atomic E-state index is 0.0121. The molecule has 10 nitrogen and oxygen atoms in total. The monoisotopic (exact) mass is 356 g/mol. The molecule has 1 amide bonds. The second-order valence-corrected chi connectivity index (χ2v) is 6.58. The minimum Gasteiger partial charge on any atom is -0.506 e. The molecule has 2 bridgehead atoms.